The van der Waals surface area contributed by atoms with Gasteiger partial charge in [-0.1, -0.05) is 13.8 Å². The van der Waals surface area contributed by atoms with Crippen molar-refractivity contribution in [3.63, 3.8) is 0 Å². The molecule has 2 heteroatoms. The summed E-state index contributed by atoms with van der Waals surface area (Å²) < 4.78 is 5.17. The van der Waals surface area contributed by atoms with Crippen LogP contribution in [0.1, 0.15) is 26.7 Å². The Morgan fingerprint density at radius 3 is 2.00 bits per heavy atom. The van der Waals surface area contributed by atoms with Crippen LogP contribution in [0.5, 0.6) is 0 Å². The highest BCUT2D eigenvalue weighted by molar-refractivity contribution is 5.66. The van der Waals surface area contributed by atoms with E-state index < -0.39 is 5.60 Å². The van der Waals surface area contributed by atoms with Crippen LogP contribution in [0.15, 0.2) is 0 Å². The molecule has 0 aromatic rings. The van der Waals surface area contributed by atoms with E-state index in [2.05, 4.69) is 13.8 Å². The highest BCUT2D eigenvalue weighted by atomic mass is 16.5. The molecule has 0 heterocycles. The van der Waals surface area contributed by atoms with E-state index in [-0.39, 0.29) is 5.41 Å². The van der Waals surface area contributed by atoms with Crippen LogP contribution in [0.4, 0.5) is 0 Å². The molecular formula is C8H14O2. The lowest BCUT2D eigenvalue weighted by Gasteiger charge is -2.51. The molecule has 10 heavy (non-hydrogen) atoms. The van der Waals surface area contributed by atoms with Crippen LogP contribution < -0.4 is 0 Å². The molecule has 1 fully saturated rings. The van der Waals surface area contributed by atoms with Crippen molar-refractivity contribution in [2.24, 2.45) is 5.41 Å². The molecule has 0 N–H and O–H groups in total. The van der Waals surface area contributed by atoms with Crippen LogP contribution in [-0.2, 0) is 9.53 Å². The van der Waals surface area contributed by atoms with Crippen molar-refractivity contribution in [2.45, 2.75) is 32.3 Å². The van der Waals surface area contributed by atoms with Crippen LogP contribution in [-0.4, -0.2) is 19.0 Å². The molecule has 1 aliphatic rings. The third-order valence-corrected chi connectivity index (χ3v) is 2.82. The van der Waals surface area contributed by atoms with Crippen molar-refractivity contribution < 1.29 is 9.53 Å². The van der Waals surface area contributed by atoms with E-state index >= 15 is 0 Å². The van der Waals surface area contributed by atoms with Gasteiger partial charge >= 0.3 is 0 Å². The lowest BCUT2D eigenvalue weighted by Crippen LogP contribution is -2.56. The molecule has 1 unspecified atom stereocenters. The molecule has 2 nitrogen and oxygen atoms in total. The molecule has 0 radical (unpaired) electrons. The second-order valence-corrected chi connectivity index (χ2v) is 3.60. The summed E-state index contributed by atoms with van der Waals surface area (Å²) in [6.07, 6.45) is 2.90. The molecule has 58 valence electrons. The number of carbonyl (C=O) groups excluding carboxylic acids is 1. The lowest BCUT2D eigenvalue weighted by molar-refractivity contribution is -0.173. The van der Waals surface area contributed by atoms with Gasteiger partial charge in [-0.2, -0.15) is 0 Å². The van der Waals surface area contributed by atoms with Crippen molar-refractivity contribution in [2.75, 3.05) is 7.11 Å². The van der Waals surface area contributed by atoms with Crippen molar-refractivity contribution in [3.8, 4) is 0 Å². The van der Waals surface area contributed by atoms with Crippen LogP contribution >= 0.6 is 0 Å². The number of rotatable bonds is 2. The maximum Gasteiger partial charge on any atom is 0.152 e. The van der Waals surface area contributed by atoms with E-state index in [0.717, 1.165) is 19.1 Å². The Kier molecular flexibility index (Phi) is 1.59. The van der Waals surface area contributed by atoms with Gasteiger partial charge in [0, 0.05) is 12.5 Å². The minimum atomic E-state index is -0.479. The Hall–Kier alpha value is -0.370. The van der Waals surface area contributed by atoms with Crippen LogP contribution in [0.3, 0.4) is 0 Å². The number of hydrogen-bond donors (Lipinski definition) is 0. The third-order valence-electron chi connectivity index (χ3n) is 2.82. The Labute approximate surface area is 61.6 Å². The Bertz CT molecular complexity index is 147. The van der Waals surface area contributed by atoms with E-state index in [1.165, 1.54) is 0 Å². The van der Waals surface area contributed by atoms with Gasteiger partial charge in [0.15, 0.2) is 6.29 Å². The van der Waals surface area contributed by atoms with Crippen LogP contribution in [0.25, 0.3) is 0 Å². The summed E-state index contributed by atoms with van der Waals surface area (Å²) in [5.74, 6) is 0. The van der Waals surface area contributed by atoms with E-state index in [9.17, 15) is 4.79 Å². The van der Waals surface area contributed by atoms with Gasteiger partial charge in [0.1, 0.15) is 5.60 Å². The molecule has 1 aliphatic carbocycles. The quantitative estimate of drug-likeness (QED) is 0.544. The monoisotopic (exact) mass is 142 g/mol. The summed E-state index contributed by atoms with van der Waals surface area (Å²) in [4.78, 5) is 10.6. The normalized spacial score (nSPS) is 36.7. The maximum atomic E-state index is 10.6. The van der Waals surface area contributed by atoms with E-state index in [1.807, 2.05) is 0 Å². The minimum absolute atomic E-state index is 0.0451. The van der Waals surface area contributed by atoms with E-state index in [1.54, 1.807) is 7.11 Å². The molecule has 0 aliphatic heterocycles. The van der Waals surface area contributed by atoms with Crippen molar-refractivity contribution in [1.29, 1.82) is 0 Å². The zero-order valence-electron chi connectivity index (χ0n) is 6.81. The average molecular weight is 142 g/mol. The minimum Gasteiger partial charge on any atom is -0.370 e. The Morgan fingerprint density at radius 2 is 2.00 bits per heavy atom. The predicted molar refractivity (Wildman–Crippen MR) is 38.8 cm³/mol. The van der Waals surface area contributed by atoms with Crippen LogP contribution in [0.2, 0.25) is 0 Å². The zero-order valence-corrected chi connectivity index (χ0v) is 6.81. The number of hydrogen-bond acceptors (Lipinski definition) is 2. The largest absolute Gasteiger partial charge is 0.370 e. The second kappa shape index (κ2) is 2.06. The highest BCUT2D eigenvalue weighted by Crippen LogP contribution is 2.50. The predicted octanol–water partition coefficient (Wildman–Crippen LogP) is 1.39. The number of carbonyl (C=O) groups is 1. The molecule has 0 saturated heterocycles. The zero-order chi connectivity index (χ0) is 7.83. The van der Waals surface area contributed by atoms with Gasteiger partial charge in [-0.3, -0.25) is 0 Å². The SMILES string of the molecule is COC1(C=O)CCC1(C)C. The van der Waals surface area contributed by atoms with Gasteiger partial charge in [-0.25, -0.2) is 0 Å². The first kappa shape index (κ1) is 7.73. The molecular weight excluding hydrogens is 128 g/mol. The second-order valence-electron chi connectivity index (χ2n) is 3.60. The summed E-state index contributed by atoms with van der Waals surface area (Å²) in [5.41, 5.74) is -0.434. The van der Waals surface area contributed by atoms with Crippen molar-refractivity contribution >= 4 is 6.29 Å². The number of ether oxygens (including phenoxy) is 1. The standard InChI is InChI=1S/C8H14O2/c1-7(2)4-5-8(7,6-9)10-3/h6H,4-5H2,1-3H3. The molecule has 0 aromatic heterocycles. The van der Waals surface area contributed by atoms with E-state index in [0.29, 0.717) is 0 Å². The first-order valence-corrected chi connectivity index (χ1v) is 3.59. The molecule has 1 rings (SSSR count). The summed E-state index contributed by atoms with van der Waals surface area (Å²) >= 11 is 0. The summed E-state index contributed by atoms with van der Waals surface area (Å²) in [7, 11) is 1.61. The van der Waals surface area contributed by atoms with Crippen molar-refractivity contribution in [1.82, 2.24) is 0 Å². The number of aldehydes is 1. The summed E-state index contributed by atoms with van der Waals surface area (Å²) in [6.45, 7) is 4.13. The topological polar surface area (TPSA) is 26.3 Å². The fourth-order valence-electron chi connectivity index (χ4n) is 1.52. The Morgan fingerprint density at radius 1 is 1.40 bits per heavy atom. The van der Waals surface area contributed by atoms with Crippen LogP contribution in [0, 0.1) is 5.41 Å². The van der Waals surface area contributed by atoms with Crippen molar-refractivity contribution in [3.05, 3.63) is 0 Å². The summed E-state index contributed by atoms with van der Waals surface area (Å²) in [6, 6.07) is 0. The van der Waals surface area contributed by atoms with Gasteiger partial charge in [-0.15, -0.1) is 0 Å². The molecule has 1 saturated carbocycles. The Balaban J connectivity index is 2.76. The summed E-state index contributed by atoms with van der Waals surface area (Å²) in [5, 5.41) is 0. The van der Waals surface area contributed by atoms with Gasteiger partial charge in [-0.05, 0) is 12.8 Å². The molecule has 1 atom stereocenters. The molecule has 0 spiro atoms. The smallest absolute Gasteiger partial charge is 0.152 e. The number of methoxy groups -OCH3 is 1. The van der Waals surface area contributed by atoms with Gasteiger partial charge in [0.05, 0.1) is 0 Å². The van der Waals surface area contributed by atoms with E-state index in [4.69, 9.17) is 4.74 Å². The lowest BCUT2D eigenvalue weighted by atomic mass is 9.59. The third kappa shape index (κ3) is 0.717. The van der Waals surface area contributed by atoms with Gasteiger partial charge in [0.25, 0.3) is 0 Å². The molecule has 0 bridgehead atoms. The first-order chi connectivity index (χ1) is 4.58. The fourth-order valence-corrected chi connectivity index (χ4v) is 1.52. The first-order valence-electron chi connectivity index (χ1n) is 3.59. The highest BCUT2D eigenvalue weighted by Gasteiger charge is 2.53. The van der Waals surface area contributed by atoms with Gasteiger partial charge < -0.3 is 9.53 Å². The maximum absolute atomic E-state index is 10.6. The fraction of sp³-hybridized carbons (Fsp3) is 0.875. The molecule has 0 aromatic carbocycles. The van der Waals surface area contributed by atoms with Gasteiger partial charge in [0.2, 0.25) is 0 Å². The average Bonchev–Trinajstić information content (AvgIpc) is 1.89. The molecule has 0 amide bonds.